The van der Waals surface area contributed by atoms with Crippen molar-refractivity contribution in [3.63, 3.8) is 0 Å². The molecule has 0 radical (unpaired) electrons. The van der Waals surface area contributed by atoms with E-state index in [2.05, 4.69) is 23.3 Å². The molecule has 7 heteroatoms. The Hall–Kier alpha value is -2.25. The minimum Gasteiger partial charge on any atom is -0.351 e. The summed E-state index contributed by atoms with van der Waals surface area (Å²) >= 11 is 3.07. The first-order chi connectivity index (χ1) is 13.6. The van der Waals surface area contributed by atoms with Crippen LogP contribution in [0.2, 0.25) is 0 Å². The Balaban J connectivity index is 1.32. The minimum absolute atomic E-state index is 0.128. The molecule has 4 rings (SSSR count). The van der Waals surface area contributed by atoms with Gasteiger partial charge in [-0.05, 0) is 43.0 Å². The minimum atomic E-state index is -0.128. The molecule has 1 aromatic carbocycles. The fourth-order valence-electron chi connectivity index (χ4n) is 3.50. The van der Waals surface area contributed by atoms with Crippen molar-refractivity contribution in [1.82, 2.24) is 15.2 Å². The van der Waals surface area contributed by atoms with Gasteiger partial charge in [-0.2, -0.15) is 0 Å². The van der Waals surface area contributed by atoms with Gasteiger partial charge in [0.1, 0.15) is 5.01 Å². The summed E-state index contributed by atoms with van der Waals surface area (Å²) in [5, 5.41) is 3.81. The van der Waals surface area contributed by atoms with Crippen LogP contribution < -0.4 is 5.32 Å². The number of thiazole rings is 1. The second-order valence-corrected chi connectivity index (χ2v) is 9.36. The molecule has 1 atom stereocenters. The van der Waals surface area contributed by atoms with Crippen LogP contribution >= 0.6 is 22.7 Å². The van der Waals surface area contributed by atoms with E-state index >= 15 is 0 Å². The predicted octanol–water partition coefficient (Wildman–Crippen LogP) is 4.40. The van der Waals surface area contributed by atoms with E-state index in [-0.39, 0.29) is 11.8 Å². The second kappa shape index (κ2) is 8.41. The zero-order valence-corrected chi connectivity index (χ0v) is 17.4. The van der Waals surface area contributed by atoms with E-state index < -0.39 is 0 Å². The fourth-order valence-corrected chi connectivity index (χ4v) is 5.44. The highest BCUT2D eigenvalue weighted by atomic mass is 32.1. The summed E-state index contributed by atoms with van der Waals surface area (Å²) in [5.74, 6) is 0.574. The van der Waals surface area contributed by atoms with E-state index in [1.54, 1.807) is 11.3 Å². The van der Waals surface area contributed by atoms with E-state index in [4.69, 9.17) is 0 Å². The number of hydrogen-bond acceptors (Lipinski definition) is 5. The van der Waals surface area contributed by atoms with Crippen LogP contribution in [-0.2, 0) is 4.79 Å². The summed E-state index contributed by atoms with van der Waals surface area (Å²) in [6, 6.07) is 11.8. The molecule has 3 heterocycles. The fraction of sp³-hybridized carbons (Fsp3) is 0.381. The molecule has 1 unspecified atom stereocenters. The molecule has 3 aromatic rings. The number of piperidine rings is 1. The van der Waals surface area contributed by atoms with Crippen molar-refractivity contribution in [2.24, 2.45) is 5.92 Å². The van der Waals surface area contributed by atoms with Crippen LogP contribution in [0.1, 0.15) is 35.9 Å². The summed E-state index contributed by atoms with van der Waals surface area (Å²) in [7, 11) is 0. The molecule has 0 aliphatic carbocycles. The Kier molecular flexibility index (Phi) is 5.73. The summed E-state index contributed by atoms with van der Waals surface area (Å²) < 4.78 is 1.14. The standard InChI is InChI=1S/C21H23N3O2S2/c1-14-5-4-12-24(13-14)19(25)10-11-22-20(26)17-8-9-18(27-17)21-23-15-6-2-3-7-16(15)28-21/h2-3,6-9,14H,4-5,10-13H2,1H3,(H,22,26). The molecule has 2 aromatic heterocycles. The molecule has 1 N–H and O–H groups in total. The zero-order chi connectivity index (χ0) is 19.5. The Morgan fingerprint density at radius 2 is 2.07 bits per heavy atom. The van der Waals surface area contributed by atoms with Gasteiger partial charge in [-0.1, -0.05) is 19.1 Å². The first-order valence-corrected chi connectivity index (χ1v) is 11.3. The Labute approximate surface area is 172 Å². The quantitative estimate of drug-likeness (QED) is 0.674. The van der Waals surface area contributed by atoms with Gasteiger partial charge in [-0.15, -0.1) is 22.7 Å². The maximum Gasteiger partial charge on any atom is 0.261 e. The lowest BCUT2D eigenvalue weighted by Gasteiger charge is -2.31. The van der Waals surface area contributed by atoms with Crippen LogP contribution in [-0.4, -0.2) is 41.3 Å². The van der Waals surface area contributed by atoms with Crippen LogP contribution in [0.3, 0.4) is 0 Å². The van der Waals surface area contributed by atoms with E-state index in [1.807, 2.05) is 35.2 Å². The van der Waals surface area contributed by atoms with Crippen molar-refractivity contribution in [1.29, 1.82) is 0 Å². The topological polar surface area (TPSA) is 62.3 Å². The molecule has 2 amide bonds. The number of fused-ring (bicyclic) bond motifs is 1. The third-order valence-electron chi connectivity index (χ3n) is 4.97. The number of hydrogen-bond donors (Lipinski definition) is 1. The van der Waals surface area contributed by atoms with E-state index in [0.29, 0.717) is 23.8 Å². The van der Waals surface area contributed by atoms with Gasteiger partial charge in [0.05, 0.1) is 20.0 Å². The number of benzene rings is 1. The number of rotatable bonds is 5. The van der Waals surface area contributed by atoms with Crippen LogP contribution in [0, 0.1) is 5.92 Å². The SMILES string of the molecule is CC1CCCN(C(=O)CCNC(=O)c2ccc(-c3nc4ccccc4s3)s2)C1. The van der Waals surface area contributed by atoms with Crippen LogP contribution in [0.15, 0.2) is 36.4 Å². The molecule has 1 aliphatic rings. The number of likely N-dealkylation sites (tertiary alicyclic amines) is 1. The molecular weight excluding hydrogens is 390 g/mol. The lowest BCUT2D eigenvalue weighted by atomic mass is 10.00. The van der Waals surface area contributed by atoms with Gasteiger partial charge in [0.2, 0.25) is 5.91 Å². The lowest BCUT2D eigenvalue weighted by Crippen LogP contribution is -2.40. The van der Waals surface area contributed by atoms with E-state index in [1.165, 1.54) is 17.8 Å². The molecule has 0 spiro atoms. The van der Waals surface area contributed by atoms with Gasteiger partial charge in [0, 0.05) is 26.1 Å². The van der Waals surface area contributed by atoms with Crippen molar-refractivity contribution in [2.75, 3.05) is 19.6 Å². The van der Waals surface area contributed by atoms with Crippen molar-refractivity contribution < 1.29 is 9.59 Å². The molecule has 1 saturated heterocycles. The maximum atomic E-state index is 12.4. The second-order valence-electron chi connectivity index (χ2n) is 7.24. The number of carbonyl (C=O) groups is 2. The molecule has 1 aliphatic heterocycles. The summed E-state index contributed by atoms with van der Waals surface area (Å²) in [5.41, 5.74) is 0.979. The van der Waals surface area contributed by atoms with Gasteiger partial charge in [0.25, 0.3) is 5.91 Å². The largest absolute Gasteiger partial charge is 0.351 e. The number of thiophene rings is 1. The van der Waals surface area contributed by atoms with Crippen LogP contribution in [0.5, 0.6) is 0 Å². The Morgan fingerprint density at radius 1 is 1.21 bits per heavy atom. The number of aromatic nitrogens is 1. The number of para-hydroxylation sites is 1. The molecule has 146 valence electrons. The van der Waals surface area contributed by atoms with Gasteiger partial charge in [-0.3, -0.25) is 9.59 Å². The average molecular weight is 414 g/mol. The summed E-state index contributed by atoms with van der Waals surface area (Å²) in [6.07, 6.45) is 2.62. The number of nitrogens with one attached hydrogen (secondary N) is 1. The zero-order valence-electron chi connectivity index (χ0n) is 15.8. The molecular formula is C21H23N3O2S2. The Bertz CT molecular complexity index is 961. The highest BCUT2D eigenvalue weighted by Crippen LogP contribution is 2.34. The predicted molar refractivity (Wildman–Crippen MR) is 115 cm³/mol. The van der Waals surface area contributed by atoms with Gasteiger partial charge < -0.3 is 10.2 Å². The molecule has 28 heavy (non-hydrogen) atoms. The maximum absolute atomic E-state index is 12.4. The normalized spacial score (nSPS) is 17.0. The number of carbonyl (C=O) groups excluding carboxylic acids is 2. The molecule has 0 saturated carbocycles. The first kappa shape index (κ1) is 19.1. The highest BCUT2D eigenvalue weighted by Gasteiger charge is 2.21. The average Bonchev–Trinajstić information content (AvgIpc) is 3.34. The van der Waals surface area contributed by atoms with E-state index in [9.17, 15) is 9.59 Å². The first-order valence-electron chi connectivity index (χ1n) is 9.62. The lowest BCUT2D eigenvalue weighted by molar-refractivity contribution is -0.132. The third kappa shape index (κ3) is 4.25. The van der Waals surface area contributed by atoms with Gasteiger partial charge in [0.15, 0.2) is 0 Å². The number of amides is 2. The van der Waals surface area contributed by atoms with Crippen LogP contribution in [0.4, 0.5) is 0 Å². The van der Waals surface area contributed by atoms with Crippen LogP contribution in [0.25, 0.3) is 20.1 Å². The van der Waals surface area contributed by atoms with Gasteiger partial charge in [-0.25, -0.2) is 4.98 Å². The van der Waals surface area contributed by atoms with Crippen molar-refractivity contribution in [3.05, 3.63) is 41.3 Å². The molecule has 5 nitrogen and oxygen atoms in total. The summed E-state index contributed by atoms with van der Waals surface area (Å²) in [6.45, 7) is 4.23. The van der Waals surface area contributed by atoms with Gasteiger partial charge >= 0.3 is 0 Å². The van der Waals surface area contributed by atoms with Crippen molar-refractivity contribution >= 4 is 44.7 Å². The summed E-state index contributed by atoms with van der Waals surface area (Å²) in [4.78, 5) is 32.9. The Morgan fingerprint density at radius 3 is 2.89 bits per heavy atom. The third-order valence-corrected chi connectivity index (χ3v) is 7.26. The monoisotopic (exact) mass is 413 g/mol. The van der Waals surface area contributed by atoms with E-state index in [0.717, 1.165) is 39.6 Å². The van der Waals surface area contributed by atoms with Crippen molar-refractivity contribution in [2.45, 2.75) is 26.2 Å². The number of nitrogens with zero attached hydrogens (tertiary/aromatic N) is 2. The van der Waals surface area contributed by atoms with Crippen molar-refractivity contribution in [3.8, 4) is 9.88 Å². The molecule has 1 fully saturated rings. The highest BCUT2D eigenvalue weighted by molar-refractivity contribution is 7.26. The molecule has 0 bridgehead atoms. The smallest absolute Gasteiger partial charge is 0.261 e.